The van der Waals surface area contributed by atoms with Gasteiger partial charge in [-0.2, -0.15) is 0 Å². The average Bonchev–Trinajstić information content (AvgIpc) is 3.76. The Balaban J connectivity index is 1.24. The highest BCUT2D eigenvalue weighted by Crippen LogP contribution is 2.45. The molecule has 1 saturated heterocycles. The lowest BCUT2D eigenvalue weighted by atomic mass is 10.1. The van der Waals surface area contributed by atoms with Crippen molar-refractivity contribution in [1.29, 1.82) is 0 Å². The molecule has 10 nitrogen and oxygen atoms in total. The van der Waals surface area contributed by atoms with E-state index in [1.807, 2.05) is 24.3 Å². The van der Waals surface area contributed by atoms with Crippen LogP contribution in [-0.4, -0.2) is 61.8 Å². The summed E-state index contributed by atoms with van der Waals surface area (Å²) < 4.78 is 38.2. The summed E-state index contributed by atoms with van der Waals surface area (Å²) in [5.74, 6) is -0.328. The molecule has 3 N–H and O–H groups in total. The quantitative estimate of drug-likeness (QED) is 0.435. The molecule has 2 aliphatic carbocycles. The third-order valence-electron chi connectivity index (χ3n) is 6.88. The third-order valence-corrected chi connectivity index (χ3v) is 8.70. The van der Waals surface area contributed by atoms with Crippen molar-refractivity contribution in [1.82, 2.24) is 20.3 Å². The summed E-state index contributed by atoms with van der Waals surface area (Å²) in [6.07, 6.45) is 4.61. The second kappa shape index (κ2) is 8.80. The minimum Gasteiger partial charge on any atom is -0.494 e. The molecule has 5 rings (SSSR count). The van der Waals surface area contributed by atoms with E-state index in [1.54, 1.807) is 19.4 Å². The van der Waals surface area contributed by atoms with Crippen LogP contribution in [0.1, 0.15) is 25.7 Å². The number of hydrogen-bond donors (Lipinski definition) is 3. The highest BCUT2D eigenvalue weighted by Gasteiger charge is 2.61. The van der Waals surface area contributed by atoms with Crippen molar-refractivity contribution in [2.45, 2.75) is 48.6 Å². The number of carbonyl (C=O) groups is 2. The number of benzene rings is 1. The molecule has 3 fully saturated rings. The van der Waals surface area contributed by atoms with Crippen LogP contribution in [0.25, 0.3) is 10.8 Å². The lowest BCUT2D eigenvalue weighted by Crippen LogP contribution is -2.55. The zero-order valence-electron chi connectivity index (χ0n) is 19.3. The summed E-state index contributed by atoms with van der Waals surface area (Å²) >= 11 is 0. The first-order valence-corrected chi connectivity index (χ1v) is 13.1. The normalized spacial score (nSPS) is 27.7. The number of methoxy groups -OCH3 is 1. The van der Waals surface area contributed by atoms with Crippen LogP contribution in [-0.2, 0) is 19.6 Å². The standard InChI is InChI=1S/C24H28N4O6S/c1-3-14-11-24(14,23(30)28-35(31,32)16-8-9-16)27-21(29)19-10-15(12-25-19)34-22-18-7-5-4-6-17(18)20(33-2)13-26-22/h3-7,13-16,19,25H,1,8-12H2,2H3,(H,27,29)(H,28,30). The van der Waals surface area contributed by atoms with Crippen LogP contribution < -0.4 is 24.8 Å². The summed E-state index contributed by atoms with van der Waals surface area (Å²) in [4.78, 5) is 30.3. The van der Waals surface area contributed by atoms with E-state index in [0.717, 1.165) is 10.8 Å². The van der Waals surface area contributed by atoms with Gasteiger partial charge in [-0.05, 0) is 25.3 Å². The van der Waals surface area contributed by atoms with Gasteiger partial charge in [0, 0.05) is 29.7 Å². The molecule has 2 aromatic rings. The number of amides is 2. The predicted octanol–water partition coefficient (Wildman–Crippen LogP) is 1.02. The molecule has 35 heavy (non-hydrogen) atoms. The Morgan fingerprint density at radius 2 is 2.00 bits per heavy atom. The van der Waals surface area contributed by atoms with Gasteiger partial charge in [-0.1, -0.05) is 24.3 Å². The Morgan fingerprint density at radius 1 is 1.26 bits per heavy atom. The van der Waals surface area contributed by atoms with Crippen molar-refractivity contribution in [2.75, 3.05) is 13.7 Å². The molecule has 0 spiro atoms. The van der Waals surface area contributed by atoms with Crippen LogP contribution in [0.4, 0.5) is 0 Å². The van der Waals surface area contributed by atoms with Crippen LogP contribution in [0.3, 0.4) is 0 Å². The number of sulfonamides is 1. The van der Waals surface area contributed by atoms with Crippen LogP contribution >= 0.6 is 0 Å². The minimum atomic E-state index is -3.72. The molecule has 4 atom stereocenters. The first-order valence-electron chi connectivity index (χ1n) is 11.6. The van der Waals surface area contributed by atoms with Gasteiger partial charge in [0.1, 0.15) is 17.4 Å². The topological polar surface area (TPSA) is 136 Å². The van der Waals surface area contributed by atoms with Crippen molar-refractivity contribution in [3.63, 3.8) is 0 Å². The van der Waals surface area contributed by atoms with Gasteiger partial charge in [0.05, 0.1) is 24.6 Å². The Bertz CT molecular complexity index is 1290. The number of hydrogen-bond acceptors (Lipinski definition) is 8. The highest BCUT2D eigenvalue weighted by atomic mass is 32.2. The second-order valence-electron chi connectivity index (χ2n) is 9.30. The highest BCUT2D eigenvalue weighted by molar-refractivity contribution is 7.91. The summed E-state index contributed by atoms with van der Waals surface area (Å²) in [5, 5.41) is 7.06. The van der Waals surface area contributed by atoms with Gasteiger partial charge in [-0.15, -0.1) is 6.58 Å². The summed E-state index contributed by atoms with van der Waals surface area (Å²) in [5.41, 5.74) is -1.30. The number of aromatic nitrogens is 1. The number of rotatable bonds is 9. The maximum absolute atomic E-state index is 13.0. The van der Waals surface area contributed by atoms with Crippen LogP contribution in [0.15, 0.2) is 43.1 Å². The molecule has 1 aromatic heterocycles. The van der Waals surface area contributed by atoms with E-state index < -0.39 is 32.8 Å². The lowest BCUT2D eigenvalue weighted by molar-refractivity contribution is -0.130. The number of pyridine rings is 1. The molecule has 2 heterocycles. The fourth-order valence-electron chi connectivity index (χ4n) is 4.57. The molecule has 2 saturated carbocycles. The van der Waals surface area contributed by atoms with Crippen molar-refractivity contribution < 1.29 is 27.5 Å². The van der Waals surface area contributed by atoms with Crippen molar-refractivity contribution in [3.05, 3.63) is 43.1 Å². The van der Waals surface area contributed by atoms with E-state index >= 15 is 0 Å². The molecule has 2 amide bonds. The molecule has 11 heteroatoms. The van der Waals surface area contributed by atoms with Gasteiger partial charge in [0.25, 0.3) is 5.91 Å². The molecule has 1 aliphatic heterocycles. The average molecular weight is 501 g/mol. The first-order chi connectivity index (χ1) is 16.8. The van der Waals surface area contributed by atoms with Crippen LogP contribution in [0.5, 0.6) is 11.6 Å². The van der Waals surface area contributed by atoms with Gasteiger partial charge >= 0.3 is 0 Å². The lowest BCUT2D eigenvalue weighted by Gasteiger charge is -2.21. The van der Waals surface area contributed by atoms with Crippen molar-refractivity contribution in [2.24, 2.45) is 5.92 Å². The number of ether oxygens (including phenoxy) is 2. The second-order valence-corrected chi connectivity index (χ2v) is 11.3. The zero-order chi connectivity index (χ0) is 24.8. The molecule has 1 aromatic carbocycles. The maximum Gasteiger partial charge on any atom is 0.259 e. The smallest absolute Gasteiger partial charge is 0.259 e. The van der Waals surface area contributed by atoms with E-state index in [9.17, 15) is 18.0 Å². The van der Waals surface area contributed by atoms with E-state index in [-0.39, 0.29) is 17.9 Å². The van der Waals surface area contributed by atoms with E-state index in [4.69, 9.17) is 9.47 Å². The zero-order valence-corrected chi connectivity index (χ0v) is 20.1. The number of fused-ring (bicyclic) bond motifs is 1. The Hall–Kier alpha value is -3.18. The first kappa shape index (κ1) is 23.6. The molecule has 186 valence electrons. The Labute approximate surface area is 203 Å². The van der Waals surface area contributed by atoms with Crippen molar-refractivity contribution >= 4 is 32.6 Å². The molecular weight excluding hydrogens is 472 g/mol. The molecular formula is C24H28N4O6S. The van der Waals surface area contributed by atoms with Crippen LogP contribution in [0, 0.1) is 5.92 Å². The Morgan fingerprint density at radius 3 is 2.66 bits per heavy atom. The maximum atomic E-state index is 13.0. The number of nitrogens with one attached hydrogen (secondary N) is 3. The minimum absolute atomic E-state index is 0.308. The van der Waals surface area contributed by atoms with E-state index in [0.29, 0.717) is 43.9 Å². The number of carbonyl (C=O) groups excluding carboxylic acids is 2. The molecule has 4 unspecified atom stereocenters. The fraction of sp³-hybridized carbons (Fsp3) is 0.458. The molecule has 0 bridgehead atoms. The van der Waals surface area contributed by atoms with Gasteiger partial charge in [0.15, 0.2) is 0 Å². The molecule has 0 radical (unpaired) electrons. The van der Waals surface area contributed by atoms with Gasteiger partial charge in [-0.25, -0.2) is 13.4 Å². The van der Waals surface area contributed by atoms with Crippen molar-refractivity contribution in [3.8, 4) is 11.6 Å². The SMILES string of the molecule is C=CC1CC1(NC(=O)C1CC(Oc2ncc(OC)c3ccccc23)CN1)C(=O)NS(=O)(=O)C1CC1. The summed E-state index contributed by atoms with van der Waals surface area (Å²) in [7, 11) is -2.14. The predicted molar refractivity (Wildman–Crippen MR) is 128 cm³/mol. The third kappa shape index (κ3) is 4.45. The van der Waals surface area contributed by atoms with Gasteiger partial charge in [-0.3, -0.25) is 14.3 Å². The van der Waals surface area contributed by atoms with Gasteiger partial charge in [0.2, 0.25) is 21.8 Å². The molecule has 3 aliphatic rings. The number of nitrogens with zero attached hydrogens (tertiary/aromatic N) is 1. The summed E-state index contributed by atoms with van der Waals surface area (Å²) in [6.45, 7) is 4.13. The van der Waals surface area contributed by atoms with E-state index in [2.05, 4.69) is 26.9 Å². The van der Waals surface area contributed by atoms with Crippen LogP contribution in [0.2, 0.25) is 0 Å². The Kier molecular flexibility index (Phi) is 5.92. The monoisotopic (exact) mass is 500 g/mol. The van der Waals surface area contributed by atoms with Gasteiger partial charge < -0.3 is 20.1 Å². The van der Waals surface area contributed by atoms with E-state index in [1.165, 1.54) is 0 Å². The summed E-state index contributed by atoms with van der Waals surface area (Å²) in [6, 6.07) is 7.01. The largest absolute Gasteiger partial charge is 0.494 e. The fourth-order valence-corrected chi connectivity index (χ4v) is 5.93.